The first kappa shape index (κ1) is 22.0. The van der Waals surface area contributed by atoms with Crippen molar-refractivity contribution in [1.82, 2.24) is 16.0 Å². The van der Waals surface area contributed by atoms with Gasteiger partial charge in [0, 0.05) is 31.8 Å². The molecule has 0 aliphatic rings. The van der Waals surface area contributed by atoms with Gasteiger partial charge in [-0.3, -0.25) is 4.79 Å². The van der Waals surface area contributed by atoms with Crippen molar-refractivity contribution in [2.24, 2.45) is 10.9 Å². The van der Waals surface area contributed by atoms with Crippen molar-refractivity contribution in [2.75, 3.05) is 32.8 Å². The minimum absolute atomic E-state index is 0.0538. The molecule has 0 atom stereocenters. The standard InChI is InChI=1S/C20H34N4O2/c1-5-21-19(25)18-9-7-8-17(14-18)15-24-20(22-6-2)23-11-13-26-12-10-16(3)4/h7-9,14,16H,5-6,10-13,15H2,1-4H3,(H,21,25)(H2,22,23,24). The van der Waals surface area contributed by atoms with Crippen LogP contribution in [-0.4, -0.2) is 44.7 Å². The van der Waals surface area contributed by atoms with Crippen LogP contribution in [0.4, 0.5) is 0 Å². The van der Waals surface area contributed by atoms with Gasteiger partial charge in [0.1, 0.15) is 0 Å². The number of aliphatic imine (C=N–C) groups is 1. The van der Waals surface area contributed by atoms with E-state index < -0.39 is 0 Å². The number of nitrogens with zero attached hydrogens (tertiary/aromatic N) is 1. The van der Waals surface area contributed by atoms with Gasteiger partial charge in [0.15, 0.2) is 5.96 Å². The van der Waals surface area contributed by atoms with Crippen molar-refractivity contribution in [3.63, 3.8) is 0 Å². The van der Waals surface area contributed by atoms with E-state index in [1.165, 1.54) is 0 Å². The molecule has 0 unspecified atom stereocenters. The number of hydrogen-bond donors (Lipinski definition) is 3. The van der Waals surface area contributed by atoms with Gasteiger partial charge in [-0.05, 0) is 43.9 Å². The smallest absolute Gasteiger partial charge is 0.251 e. The second-order valence-corrected chi connectivity index (χ2v) is 6.48. The molecule has 0 heterocycles. The van der Waals surface area contributed by atoms with Gasteiger partial charge in [-0.1, -0.05) is 26.0 Å². The molecule has 3 N–H and O–H groups in total. The van der Waals surface area contributed by atoms with Gasteiger partial charge in [0.2, 0.25) is 0 Å². The molecule has 0 fully saturated rings. The third-order valence-corrected chi connectivity index (χ3v) is 3.67. The lowest BCUT2D eigenvalue weighted by atomic mass is 10.1. The molecule has 1 aromatic carbocycles. The van der Waals surface area contributed by atoms with E-state index in [1.54, 1.807) is 0 Å². The number of guanidine groups is 1. The van der Waals surface area contributed by atoms with E-state index in [0.29, 0.717) is 37.7 Å². The van der Waals surface area contributed by atoms with E-state index in [-0.39, 0.29) is 5.91 Å². The molecule has 146 valence electrons. The fourth-order valence-electron chi connectivity index (χ4n) is 2.25. The van der Waals surface area contributed by atoms with Crippen LogP contribution in [0.2, 0.25) is 0 Å². The van der Waals surface area contributed by atoms with Crippen LogP contribution in [0, 0.1) is 5.92 Å². The molecule has 0 radical (unpaired) electrons. The van der Waals surface area contributed by atoms with Gasteiger partial charge in [0.25, 0.3) is 5.91 Å². The Balaban J connectivity index is 2.50. The van der Waals surface area contributed by atoms with E-state index in [9.17, 15) is 4.79 Å². The van der Waals surface area contributed by atoms with Gasteiger partial charge in [-0.25, -0.2) is 4.99 Å². The molecule has 0 saturated heterocycles. The minimum atomic E-state index is -0.0538. The molecule has 0 aliphatic carbocycles. The highest BCUT2D eigenvalue weighted by molar-refractivity contribution is 5.94. The van der Waals surface area contributed by atoms with Gasteiger partial charge >= 0.3 is 0 Å². The predicted molar refractivity (Wildman–Crippen MR) is 108 cm³/mol. The van der Waals surface area contributed by atoms with Crippen molar-refractivity contribution >= 4 is 11.9 Å². The third-order valence-electron chi connectivity index (χ3n) is 3.67. The first-order valence-electron chi connectivity index (χ1n) is 9.53. The number of amides is 1. The van der Waals surface area contributed by atoms with E-state index in [2.05, 4.69) is 34.8 Å². The topological polar surface area (TPSA) is 74.8 Å². The number of carbonyl (C=O) groups excluding carboxylic acids is 1. The van der Waals surface area contributed by atoms with E-state index in [1.807, 2.05) is 38.1 Å². The summed E-state index contributed by atoms with van der Waals surface area (Å²) in [6.45, 7) is 12.4. The molecule has 26 heavy (non-hydrogen) atoms. The summed E-state index contributed by atoms with van der Waals surface area (Å²) in [5, 5.41) is 9.31. The summed E-state index contributed by atoms with van der Waals surface area (Å²) in [7, 11) is 0. The molecule has 0 bridgehead atoms. The van der Waals surface area contributed by atoms with E-state index in [4.69, 9.17) is 4.74 Å². The van der Waals surface area contributed by atoms with Crippen LogP contribution < -0.4 is 16.0 Å². The molecule has 1 rings (SSSR count). The molecule has 1 aromatic rings. The van der Waals surface area contributed by atoms with E-state index >= 15 is 0 Å². The maximum atomic E-state index is 11.9. The summed E-state index contributed by atoms with van der Waals surface area (Å²) in [5.74, 6) is 1.36. The number of nitrogens with one attached hydrogen (secondary N) is 3. The number of ether oxygens (including phenoxy) is 1. The quantitative estimate of drug-likeness (QED) is 0.321. The van der Waals surface area contributed by atoms with Crippen LogP contribution in [0.25, 0.3) is 0 Å². The summed E-state index contributed by atoms with van der Waals surface area (Å²) in [5.41, 5.74) is 1.66. The van der Waals surface area contributed by atoms with Crippen molar-refractivity contribution in [3.05, 3.63) is 35.4 Å². The predicted octanol–water partition coefficient (Wildman–Crippen LogP) is 2.55. The van der Waals surface area contributed by atoms with E-state index in [0.717, 1.165) is 31.1 Å². The lowest BCUT2D eigenvalue weighted by Gasteiger charge is -2.12. The highest BCUT2D eigenvalue weighted by atomic mass is 16.5. The highest BCUT2D eigenvalue weighted by Gasteiger charge is 2.05. The fraction of sp³-hybridized carbons (Fsp3) is 0.600. The van der Waals surface area contributed by atoms with Gasteiger partial charge in [0.05, 0.1) is 13.2 Å². The second-order valence-electron chi connectivity index (χ2n) is 6.48. The number of rotatable bonds is 11. The molecule has 0 aliphatic heterocycles. The molecule has 1 amide bonds. The number of benzene rings is 1. The maximum Gasteiger partial charge on any atom is 0.251 e. The fourth-order valence-corrected chi connectivity index (χ4v) is 2.25. The zero-order valence-corrected chi connectivity index (χ0v) is 16.6. The SMILES string of the molecule is CCNC(=O)c1cccc(CN=C(NCC)NCCOCCC(C)C)c1. The number of carbonyl (C=O) groups is 1. The Hall–Kier alpha value is -2.08. The number of hydrogen-bond acceptors (Lipinski definition) is 3. The van der Waals surface area contributed by atoms with Gasteiger partial charge in [-0.15, -0.1) is 0 Å². The summed E-state index contributed by atoms with van der Waals surface area (Å²) in [6, 6.07) is 7.56. The average molecular weight is 363 g/mol. The molecule has 6 nitrogen and oxygen atoms in total. The summed E-state index contributed by atoms with van der Waals surface area (Å²) in [6.07, 6.45) is 1.08. The monoisotopic (exact) mass is 362 g/mol. The third kappa shape index (κ3) is 9.42. The molecule has 0 aromatic heterocycles. The first-order valence-corrected chi connectivity index (χ1v) is 9.53. The maximum absolute atomic E-state index is 11.9. The zero-order valence-electron chi connectivity index (χ0n) is 16.6. The molecule has 6 heteroatoms. The van der Waals surface area contributed by atoms with Crippen LogP contribution in [0.3, 0.4) is 0 Å². The zero-order chi connectivity index (χ0) is 19.2. The van der Waals surface area contributed by atoms with Crippen molar-refractivity contribution in [2.45, 2.75) is 40.7 Å². The Kier molecular flexibility index (Phi) is 11.1. The lowest BCUT2D eigenvalue weighted by molar-refractivity contribution is 0.0955. The van der Waals surface area contributed by atoms with Crippen LogP contribution in [0.15, 0.2) is 29.3 Å². The minimum Gasteiger partial charge on any atom is -0.380 e. The van der Waals surface area contributed by atoms with Crippen molar-refractivity contribution in [3.8, 4) is 0 Å². The molecular weight excluding hydrogens is 328 g/mol. The summed E-state index contributed by atoms with van der Waals surface area (Å²) < 4.78 is 5.61. The summed E-state index contributed by atoms with van der Waals surface area (Å²) in [4.78, 5) is 16.5. The van der Waals surface area contributed by atoms with Crippen LogP contribution in [0.1, 0.15) is 50.0 Å². The Bertz CT molecular complexity index is 558. The second kappa shape index (κ2) is 13.2. The lowest BCUT2D eigenvalue weighted by Crippen LogP contribution is -2.39. The Morgan fingerprint density at radius 3 is 2.58 bits per heavy atom. The normalized spacial score (nSPS) is 11.5. The van der Waals surface area contributed by atoms with Crippen LogP contribution in [0.5, 0.6) is 0 Å². The molecular formula is C20H34N4O2. The first-order chi connectivity index (χ1) is 12.6. The Morgan fingerprint density at radius 1 is 1.12 bits per heavy atom. The van der Waals surface area contributed by atoms with Gasteiger partial charge in [-0.2, -0.15) is 0 Å². The van der Waals surface area contributed by atoms with Gasteiger partial charge < -0.3 is 20.7 Å². The largest absolute Gasteiger partial charge is 0.380 e. The average Bonchev–Trinajstić information content (AvgIpc) is 2.62. The van der Waals surface area contributed by atoms with Crippen molar-refractivity contribution < 1.29 is 9.53 Å². The molecule has 0 saturated carbocycles. The Labute approximate surface area is 157 Å². The highest BCUT2D eigenvalue weighted by Crippen LogP contribution is 2.06. The molecule has 0 spiro atoms. The van der Waals surface area contributed by atoms with Crippen molar-refractivity contribution in [1.29, 1.82) is 0 Å². The van der Waals surface area contributed by atoms with Crippen LogP contribution in [-0.2, 0) is 11.3 Å². The van der Waals surface area contributed by atoms with Crippen LogP contribution >= 0.6 is 0 Å². The Morgan fingerprint density at radius 2 is 1.88 bits per heavy atom. The summed E-state index contributed by atoms with van der Waals surface area (Å²) >= 11 is 0.